The van der Waals surface area contributed by atoms with Gasteiger partial charge in [-0.3, -0.25) is 0 Å². The summed E-state index contributed by atoms with van der Waals surface area (Å²) in [5.41, 5.74) is 1.32. The Morgan fingerprint density at radius 1 is 0.562 bits per heavy atom. The molecule has 0 amide bonds. The first kappa shape index (κ1) is 26.8. The summed E-state index contributed by atoms with van der Waals surface area (Å²) < 4.78 is 0. The average molecular weight is 441 g/mol. The molecule has 1 aliphatic heterocycles. The van der Waals surface area contributed by atoms with Crippen molar-refractivity contribution in [1.82, 2.24) is 4.90 Å². The maximum absolute atomic E-state index is 2.59. The van der Waals surface area contributed by atoms with Crippen molar-refractivity contribution >= 4 is 5.69 Å². The van der Waals surface area contributed by atoms with Crippen LogP contribution >= 0.6 is 0 Å². The van der Waals surface area contributed by atoms with Crippen LogP contribution in [0.25, 0.3) is 0 Å². The Bertz CT molecular complexity index is 567. The minimum absolute atomic E-state index is 0.504. The summed E-state index contributed by atoms with van der Waals surface area (Å²) in [6, 6.07) is 10.9. The molecule has 0 aromatic heterocycles. The molecule has 0 spiro atoms. The Kier molecular flexibility index (Phi) is 15.1. The van der Waals surface area contributed by atoms with Crippen molar-refractivity contribution in [2.75, 3.05) is 11.4 Å². The van der Waals surface area contributed by atoms with Gasteiger partial charge in [0.1, 0.15) is 6.17 Å². The van der Waals surface area contributed by atoms with Gasteiger partial charge in [0.25, 0.3) is 0 Å². The molecule has 0 N–H and O–H groups in total. The van der Waals surface area contributed by atoms with Gasteiger partial charge < -0.3 is 9.80 Å². The van der Waals surface area contributed by atoms with Crippen LogP contribution < -0.4 is 4.90 Å². The number of nitrogens with zero attached hydrogens (tertiary/aromatic N) is 2. The third-order valence-corrected chi connectivity index (χ3v) is 7.01. The van der Waals surface area contributed by atoms with Crippen molar-refractivity contribution in [3.05, 3.63) is 42.7 Å². The highest BCUT2D eigenvalue weighted by Crippen LogP contribution is 2.28. The van der Waals surface area contributed by atoms with Crippen LogP contribution in [0.4, 0.5) is 5.69 Å². The van der Waals surface area contributed by atoms with Gasteiger partial charge in [-0.15, -0.1) is 0 Å². The number of unbranched alkanes of at least 4 members (excludes halogenated alkanes) is 15. The van der Waals surface area contributed by atoms with E-state index in [-0.39, 0.29) is 0 Å². The van der Waals surface area contributed by atoms with E-state index in [4.69, 9.17) is 0 Å². The lowest BCUT2D eigenvalue weighted by atomic mass is 10.0. The Labute approximate surface area is 200 Å². The lowest BCUT2D eigenvalue weighted by molar-refractivity contribution is 0.274. The highest BCUT2D eigenvalue weighted by atomic mass is 15.4. The Balaban J connectivity index is 1.48. The Morgan fingerprint density at radius 2 is 1.06 bits per heavy atom. The normalized spacial score (nSPS) is 15.8. The second kappa shape index (κ2) is 18.0. The number of rotatable bonds is 20. The van der Waals surface area contributed by atoms with Crippen LogP contribution in [-0.4, -0.2) is 17.6 Å². The SMILES string of the molecule is CCCCCCCCCCCCCCCCCN1C=CN(c2ccccc2)C1CCCC. The van der Waals surface area contributed by atoms with E-state index in [1.165, 1.54) is 128 Å². The van der Waals surface area contributed by atoms with E-state index in [2.05, 4.69) is 66.4 Å². The summed E-state index contributed by atoms with van der Waals surface area (Å²) in [5.74, 6) is 0. The maximum Gasteiger partial charge on any atom is 0.105 e. The van der Waals surface area contributed by atoms with Gasteiger partial charge in [0.15, 0.2) is 0 Å². The first-order valence-electron chi connectivity index (χ1n) is 14.1. The lowest BCUT2D eigenvalue weighted by Crippen LogP contribution is -2.39. The van der Waals surface area contributed by atoms with Gasteiger partial charge >= 0.3 is 0 Å². The van der Waals surface area contributed by atoms with Gasteiger partial charge in [-0.05, 0) is 31.4 Å². The topological polar surface area (TPSA) is 6.48 Å². The molecule has 1 unspecified atom stereocenters. The van der Waals surface area contributed by atoms with Gasteiger partial charge in [-0.1, -0.05) is 128 Å². The molecule has 1 aliphatic rings. The predicted molar refractivity (Wildman–Crippen MR) is 143 cm³/mol. The van der Waals surface area contributed by atoms with Crippen LogP contribution in [0.1, 0.15) is 129 Å². The van der Waals surface area contributed by atoms with Crippen LogP contribution in [-0.2, 0) is 0 Å². The van der Waals surface area contributed by atoms with E-state index in [0.717, 1.165) is 0 Å². The van der Waals surface area contributed by atoms with Gasteiger partial charge in [0.2, 0.25) is 0 Å². The minimum Gasteiger partial charge on any atom is -0.356 e. The molecule has 0 radical (unpaired) electrons. The van der Waals surface area contributed by atoms with E-state index in [9.17, 15) is 0 Å². The summed E-state index contributed by atoms with van der Waals surface area (Å²) in [5, 5.41) is 0. The van der Waals surface area contributed by atoms with E-state index in [1.807, 2.05) is 0 Å². The maximum atomic E-state index is 2.59. The van der Waals surface area contributed by atoms with Gasteiger partial charge in [-0.25, -0.2) is 0 Å². The minimum atomic E-state index is 0.504. The van der Waals surface area contributed by atoms with Crippen molar-refractivity contribution in [2.45, 2.75) is 136 Å². The van der Waals surface area contributed by atoms with Crippen molar-refractivity contribution in [2.24, 2.45) is 0 Å². The molecule has 1 aromatic carbocycles. The number of hydrogen-bond acceptors (Lipinski definition) is 2. The quantitative estimate of drug-likeness (QED) is 0.186. The van der Waals surface area contributed by atoms with Crippen molar-refractivity contribution in [3.8, 4) is 0 Å². The summed E-state index contributed by atoms with van der Waals surface area (Å²) >= 11 is 0. The largest absolute Gasteiger partial charge is 0.356 e. The highest BCUT2D eigenvalue weighted by Gasteiger charge is 2.26. The molecule has 0 saturated carbocycles. The molecular formula is C30H52N2. The first-order chi connectivity index (χ1) is 15.9. The number of anilines is 1. The zero-order valence-corrected chi connectivity index (χ0v) is 21.4. The fraction of sp³-hybridized carbons (Fsp3) is 0.733. The summed E-state index contributed by atoms with van der Waals surface area (Å²) in [7, 11) is 0. The Morgan fingerprint density at radius 3 is 1.59 bits per heavy atom. The van der Waals surface area contributed by atoms with E-state index < -0.39 is 0 Å². The van der Waals surface area contributed by atoms with Gasteiger partial charge in [-0.2, -0.15) is 0 Å². The van der Waals surface area contributed by atoms with E-state index in [0.29, 0.717) is 6.17 Å². The molecule has 1 aromatic rings. The predicted octanol–water partition coefficient (Wildman–Crippen LogP) is 9.67. The monoisotopic (exact) mass is 440 g/mol. The summed E-state index contributed by atoms with van der Waals surface area (Å²) in [6.07, 6.45) is 30.4. The third-order valence-electron chi connectivity index (χ3n) is 7.01. The number of para-hydroxylation sites is 1. The van der Waals surface area contributed by atoms with Crippen molar-refractivity contribution in [3.63, 3.8) is 0 Å². The number of benzene rings is 1. The standard InChI is InChI=1S/C30H52N2/c1-3-5-7-8-9-10-11-12-13-14-15-16-17-18-22-26-31-27-28-32(30(31)25-6-4-2)29-23-20-19-21-24-29/h19-21,23-24,27-28,30H,3-18,22,25-26H2,1-2H3. The van der Waals surface area contributed by atoms with Crippen LogP contribution in [0.5, 0.6) is 0 Å². The number of hydrogen-bond donors (Lipinski definition) is 0. The fourth-order valence-electron chi connectivity index (χ4n) is 4.96. The highest BCUT2D eigenvalue weighted by molar-refractivity contribution is 5.51. The van der Waals surface area contributed by atoms with E-state index in [1.54, 1.807) is 0 Å². The molecule has 0 fully saturated rings. The molecule has 0 aliphatic carbocycles. The van der Waals surface area contributed by atoms with E-state index >= 15 is 0 Å². The second-order valence-corrected chi connectivity index (χ2v) is 9.85. The summed E-state index contributed by atoms with van der Waals surface area (Å²) in [6.45, 7) is 5.80. The molecule has 0 bridgehead atoms. The molecular weight excluding hydrogens is 388 g/mol. The zero-order valence-electron chi connectivity index (χ0n) is 21.4. The third kappa shape index (κ3) is 10.9. The van der Waals surface area contributed by atoms with Crippen molar-refractivity contribution < 1.29 is 0 Å². The molecule has 0 saturated heterocycles. The molecule has 2 heteroatoms. The second-order valence-electron chi connectivity index (χ2n) is 9.85. The molecule has 182 valence electrons. The van der Waals surface area contributed by atoms with Crippen LogP contribution in [0.3, 0.4) is 0 Å². The van der Waals surface area contributed by atoms with Crippen molar-refractivity contribution in [1.29, 1.82) is 0 Å². The van der Waals surface area contributed by atoms with Gasteiger partial charge in [0.05, 0.1) is 0 Å². The molecule has 32 heavy (non-hydrogen) atoms. The first-order valence-corrected chi connectivity index (χ1v) is 14.1. The van der Waals surface area contributed by atoms with Crippen LogP contribution in [0.15, 0.2) is 42.7 Å². The molecule has 1 atom stereocenters. The fourth-order valence-corrected chi connectivity index (χ4v) is 4.96. The zero-order chi connectivity index (χ0) is 22.7. The summed E-state index contributed by atoms with van der Waals surface area (Å²) in [4.78, 5) is 5.06. The smallest absolute Gasteiger partial charge is 0.105 e. The van der Waals surface area contributed by atoms with Crippen LogP contribution in [0.2, 0.25) is 0 Å². The Hall–Kier alpha value is -1.44. The van der Waals surface area contributed by atoms with Gasteiger partial charge in [0, 0.05) is 24.6 Å². The molecule has 2 rings (SSSR count). The average Bonchev–Trinajstić information content (AvgIpc) is 3.23. The lowest BCUT2D eigenvalue weighted by Gasteiger charge is -2.33. The van der Waals surface area contributed by atoms with Crippen LogP contribution in [0, 0.1) is 0 Å². The molecule has 2 nitrogen and oxygen atoms in total. The molecule has 1 heterocycles.